The monoisotopic (exact) mass is 381 g/mol. The molecule has 0 saturated carbocycles. The van der Waals surface area contributed by atoms with Gasteiger partial charge in [0.15, 0.2) is 0 Å². The highest BCUT2D eigenvalue weighted by molar-refractivity contribution is 7.11. The van der Waals surface area contributed by atoms with E-state index < -0.39 is 0 Å². The Hall–Kier alpha value is -2.44. The van der Waals surface area contributed by atoms with E-state index in [1.165, 1.54) is 4.88 Å². The summed E-state index contributed by atoms with van der Waals surface area (Å²) in [5.41, 5.74) is 1.83. The second kappa shape index (κ2) is 8.06. The number of hydrogen-bond donors (Lipinski definition) is 1. The van der Waals surface area contributed by atoms with Crippen LogP contribution in [0, 0.1) is 12.8 Å². The van der Waals surface area contributed by atoms with Gasteiger partial charge in [-0.15, -0.1) is 11.3 Å². The number of thiazole rings is 1. The molecule has 5 nitrogen and oxygen atoms in total. The third kappa shape index (κ3) is 4.46. The van der Waals surface area contributed by atoms with Gasteiger partial charge in [0.1, 0.15) is 5.76 Å². The number of nitrogens with zero attached hydrogens (tertiary/aromatic N) is 2. The average Bonchev–Trinajstić information content (AvgIpc) is 3.35. The number of nitrogens with one attached hydrogen (secondary N) is 1. The fraction of sp³-hybridized carbons (Fsp3) is 0.333. The van der Waals surface area contributed by atoms with Crippen LogP contribution in [0.15, 0.2) is 53.3 Å². The summed E-state index contributed by atoms with van der Waals surface area (Å²) in [4.78, 5) is 20.7. The van der Waals surface area contributed by atoms with Crippen molar-refractivity contribution in [3.63, 3.8) is 0 Å². The van der Waals surface area contributed by atoms with Gasteiger partial charge in [0.05, 0.1) is 17.2 Å². The molecule has 4 rings (SSSR count). The first-order valence-corrected chi connectivity index (χ1v) is 10.1. The number of aryl methyl sites for hydroxylation is 1. The van der Waals surface area contributed by atoms with E-state index >= 15 is 0 Å². The predicted octanol–water partition coefficient (Wildman–Crippen LogP) is 4.56. The molecule has 2 aromatic heterocycles. The molecule has 0 spiro atoms. The molecule has 0 radical (unpaired) electrons. The van der Waals surface area contributed by atoms with Crippen LogP contribution in [-0.2, 0) is 11.3 Å². The maximum absolute atomic E-state index is 12.7. The van der Waals surface area contributed by atoms with Crippen LogP contribution in [0.5, 0.6) is 0 Å². The number of likely N-dealkylation sites (tertiary alicyclic amines) is 1. The minimum atomic E-state index is 0.0255. The van der Waals surface area contributed by atoms with Gasteiger partial charge in [-0.05, 0) is 62.7 Å². The molecule has 1 aromatic carbocycles. The van der Waals surface area contributed by atoms with Crippen LogP contribution in [0.2, 0.25) is 0 Å². The van der Waals surface area contributed by atoms with Crippen LogP contribution in [0.4, 0.5) is 5.69 Å². The Morgan fingerprint density at radius 3 is 2.89 bits per heavy atom. The number of aromatic nitrogens is 1. The number of carbonyl (C=O) groups is 1. The fourth-order valence-corrected chi connectivity index (χ4v) is 4.35. The fourth-order valence-electron chi connectivity index (χ4n) is 3.52. The number of amides is 1. The van der Waals surface area contributed by atoms with E-state index in [9.17, 15) is 4.79 Å². The van der Waals surface area contributed by atoms with Crippen molar-refractivity contribution in [3.05, 3.63) is 58.7 Å². The summed E-state index contributed by atoms with van der Waals surface area (Å²) >= 11 is 1.73. The summed E-state index contributed by atoms with van der Waals surface area (Å²) in [6.45, 7) is 4.75. The topological polar surface area (TPSA) is 58.4 Å². The van der Waals surface area contributed by atoms with Crippen LogP contribution in [-0.4, -0.2) is 28.9 Å². The zero-order valence-electron chi connectivity index (χ0n) is 15.4. The van der Waals surface area contributed by atoms with Crippen molar-refractivity contribution in [2.24, 2.45) is 5.92 Å². The molecule has 1 amide bonds. The molecular formula is C21H23N3O2S. The molecule has 6 heteroatoms. The molecule has 0 aliphatic carbocycles. The van der Waals surface area contributed by atoms with Crippen LogP contribution >= 0.6 is 11.3 Å². The van der Waals surface area contributed by atoms with Crippen molar-refractivity contribution in [2.45, 2.75) is 26.3 Å². The molecule has 140 valence electrons. The van der Waals surface area contributed by atoms with E-state index in [1.54, 1.807) is 17.6 Å². The van der Waals surface area contributed by atoms with Gasteiger partial charge in [-0.3, -0.25) is 9.69 Å². The molecule has 1 saturated heterocycles. The van der Waals surface area contributed by atoms with E-state index in [0.717, 1.165) is 54.5 Å². The SMILES string of the molecule is Cc1ncc(CN2CCCC(C(=O)Nc3ccc(-c4ccco4)cc3)C2)s1. The lowest BCUT2D eigenvalue weighted by Crippen LogP contribution is -2.40. The third-order valence-corrected chi connectivity index (χ3v) is 5.78. The molecule has 0 bridgehead atoms. The number of rotatable bonds is 5. The summed E-state index contributed by atoms with van der Waals surface area (Å²) in [5.74, 6) is 0.956. The first-order chi connectivity index (χ1) is 13.2. The average molecular weight is 382 g/mol. The quantitative estimate of drug-likeness (QED) is 0.704. The van der Waals surface area contributed by atoms with E-state index in [1.807, 2.05) is 49.5 Å². The molecular weight excluding hydrogens is 358 g/mol. The minimum absolute atomic E-state index is 0.0255. The highest BCUT2D eigenvalue weighted by Gasteiger charge is 2.26. The van der Waals surface area contributed by atoms with Crippen molar-refractivity contribution in [1.82, 2.24) is 9.88 Å². The number of anilines is 1. The highest BCUT2D eigenvalue weighted by atomic mass is 32.1. The van der Waals surface area contributed by atoms with E-state index in [0.29, 0.717) is 0 Å². The molecule has 1 fully saturated rings. The highest BCUT2D eigenvalue weighted by Crippen LogP contribution is 2.24. The summed E-state index contributed by atoms with van der Waals surface area (Å²) in [7, 11) is 0. The molecule has 27 heavy (non-hydrogen) atoms. The molecule has 1 unspecified atom stereocenters. The number of piperidine rings is 1. The van der Waals surface area contributed by atoms with Crippen LogP contribution in [0.1, 0.15) is 22.7 Å². The standard InChI is InChI=1S/C21H23N3O2S/c1-15-22-12-19(27-15)14-24-10-2-4-17(13-24)21(25)23-18-8-6-16(7-9-18)20-5-3-11-26-20/h3,5-9,11-12,17H,2,4,10,13-14H2,1H3,(H,23,25). The molecule has 1 atom stereocenters. The molecule has 3 aromatic rings. The number of benzene rings is 1. The smallest absolute Gasteiger partial charge is 0.228 e. The lowest BCUT2D eigenvalue weighted by Gasteiger charge is -2.31. The van der Waals surface area contributed by atoms with Crippen molar-refractivity contribution >= 4 is 22.9 Å². The van der Waals surface area contributed by atoms with Crippen LogP contribution in [0.25, 0.3) is 11.3 Å². The van der Waals surface area contributed by atoms with Gasteiger partial charge in [-0.25, -0.2) is 4.98 Å². The zero-order chi connectivity index (χ0) is 18.6. The predicted molar refractivity (Wildman–Crippen MR) is 108 cm³/mol. The first kappa shape index (κ1) is 17.9. The Morgan fingerprint density at radius 2 is 2.19 bits per heavy atom. The van der Waals surface area contributed by atoms with Gasteiger partial charge in [-0.1, -0.05) is 0 Å². The number of furan rings is 1. The third-order valence-electron chi connectivity index (χ3n) is 4.88. The molecule has 1 aliphatic rings. The molecule has 1 aliphatic heterocycles. The summed E-state index contributed by atoms with van der Waals surface area (Å²) in [6, 6.07) is 11.6. The zero-order valence-corrected chi connectivity index (χ0v) is 16.2. The van der Waals surface area contributed by atoms with Crippen LogP contribution in [0.3, 0.4) is 0 Å². The van der Waals surface area contributed by atoms with Crippen LogP contribution < -0.4 is 5.32 Å². The second-order valence-electron chi connectivity index (χ2n) is 6.96. The maximum atomic E-state index is 12.7. The number of carbonyl (C=O) groups excluding carboxylic acids is 1. The van der Waals surface area contributed by atoms with Gasteiger partial charge in [-0.2, -0.15) is 0 Å². The Kier molecular flexibility index (Phi) is 5.36. The van der Waals surface area contributed by atoms with E-state index in [4.69, 9.17) is 4.42 Å². The van der Waals surface area contributed by atoms with Gasteiger partial charge in [0, 0.05) is 35.4 Å². The van der Waals surface area contributed by atoms with Crippen molar-refractivity contribution < 1.29 is 9.21 Å². The lowest BCUT2D eigenvalue weighted by molar-refractivity contribution is -0.121. The normalized spacial score (nSPS) is 17.7. The van der Waals surface area contributed by atoms with Crippen molar-refractivity contribution in [2.75, 3.05) is 18.4 Å². The Labute approximate surface area is 163 Å². The molecule has 1 N–H and O–H groups in total. The summed E-state index contributed by atoms with van der Waals surface area (Å²) in [5, 5.41) is 4.16. The molecule has 3 heterocycles. The van der Waals surface area contributed by atoms with Gasteiger partial charge in [0.2, 0.25) is 5.91 Å². The Bertz CT molecular complexity index is 887. The first-order valence-electron chi connectivity index (χ1n) is 9.26. The lowest BCUT2D eigenvalue weighted by atomic mass is 9.97. The largest absolute Gasteiger partial charge is 0.464 e. The minimum Gasteiger partial charge on any atom is -0.464 e. The Balaban J connectivity index is 1.34. The van der Waals surface area contributed by atoms with E-state index in [-0.39, 0.29) is 11.8 Å². The van der Waals surface area contributed by atoms with Gasteiger partial charge in [0.25, 0.3) is 0 Å². The van der Waals surface area contributed by atoms with Gasteiger partial charge >= 0.3 is 0 Å². The van der Waals surface area contributed by atoms with Gasteiger partial charge < -0.3 is 9.73 Å². The number of hydrogen-bond acceptors (Lipinski definition) is 5. The maximum Gasteiger partial charge on any atom is 0.228 e. The van der Waals surface area contributed by atoms with E-state index in [2.05, 4.69) is 15.2 Å². The second-order valence-corrected chi connectivity index (χ2v) is 8.28. The summed E-state index contributed by atoms with van der Waals surface area (Å²) in [6.07, 6.45) is 5.60. The van der Waals surface area contributed by atoms with Crippen molar-refractivity contribution in [3.8, 4) is 11.3 Å². The Morgan fingerprint density at radius 1 is 1.33 bits per heavy atom. The summed E-state index contributed by atoms with van der Waals surface area (Å²) < 4.78 is 5.40. The van der Waals surface area contributed by atoms with Crippen molar-refractivity contribution in [1.29, 1.82) is 0 Å².